The van der Waals surface area contributed by atoms with Crippen LogP contribution in [0.1, 0.15) is 17.3 Å². The van der Waals surface area contributed by atoms with Gasteiger partial charge in [-0.3, -0.25) is 4.68 Å². The van der Waals surface area contributed by atoms with Gasteiger partial charge in [0, 0.05) is 33.0 Å². The summed E-state index contributed by atoms with van der Waals surface area (Å²) in [7, 11) is 8.00. The monoisotopic (exact) mass is 244 g/mol. The van der Waals surface area contributed by atoms with Crippen molar-refractivity contribution < 1.29 is 0 Å². The Labute approximate surface area is 108 Å². The molecule has 4 heteroatoms. The van der Waals surface area contributed by atoms with Crippen molar-refractivity contribution in [2.24, 2.45) is 7.05 Å². The van der Waals surface area contributed by atoms with E-state index in [9.17, 15) is 0 Å². The first-order chi connectivity index (χ1) is 8.61. The van der Waals surface area contributed by atoms with Gasteiger partial charge in [-0.1, -0.05) is 12.1 Å². The molecule has 0 amide bonds. The highest BCUT2D eigenvalue weighted by Crippen LogP contribution is 2.23. The van der Waals surface area contributed by atoms with Crippen molar-refractivity contribution in [1.29, 1.82) is 0 Å². The van der Waals surface area contributed by atoms with Gasteiger partial charge in [-0.15, -0.1) is 0 Å². The molecule has 0 aliphatic carbocycles. The molecule has 2 aromatic rings. The average Bonchev–Trinajstić information content (AvgIpc) is 2.77. The Bertz CT molecular complexity index is 516. The molecule has 1 heterocycles. The minimum absolute atomic E-state index is 0.131. The molecule has 2 rings (SSSR count). The van der Waals surface area contributed by atoms with E-state index >= 15 is 0 Å². The molecule has 0 spiro atoms. The summed E-state index contributed by atoms with van der Waals surface area (Å²) in [4.78, 5) is 2.11. The van der Waals surface area contributed by atoms with Crippen LogP contribution in [0, 0.1) is 0 Å². The topological polar surface area (TPSA) is 33.1 Å². The Kier molecular flexibility index (Phi) is 3.67. The van der Waals surface area contributed by atoms with E-state index in [1.807, 2.05) is 45.1 Å². The molecule has 18 heavy (non-hydrogen) atoms. The Hall–Kier alpha value is -1.81. The molecule has 4 nitrogen and oxygen atoms in total. The van der Waals surface area contributed by atoms with Gasteiger partial charge in [0.2, 0.25) is 0 Å². The molecule has 1 aromatic heterocycles. The largest absolute Gasteiger partial charge is 0.378 e. The van der Waals surface area contributed by atoms with Crippen molar-refractivity contribution in [3.63, 3.8) is 0 Å². The maximum absolute atomic E-state index is 4.47. The van der Waals surface area contributed by atoms with Crippen LogP contribution in [0.3, 0.4) is 0 Å². The predicted molar refractivity (Wildman–Crippen MR) is 74.9 cm³/mol. The van der Waals surface area contributed by atoms with Gasteiger partial charge < -0.3 is 10.2 Å². The molecule has 1 aromatic carbocycles. The van der Waals surface area contributed by atoms with E-state index in [-0.39, 0.29) is 6.04 Å². The summed E-state index contributed by atoms with van der Waals surface area (Å²) in [6.45, 7) is 0. The molecule has 0 fully saturated rings. The lowest BCUT2D eigenvalue weighted by atomic mass is 10.0. The van der Waals surface area contributed by atoms with Crippen LogP contribution in [0.2, 0.25) is 0 Å². The van der Waals surface area contributed by atoms with Crippen molar-refractivity contribution in [3.8, 4) is 0 Å². The van der Waals surface area contributed by atoms with Gasteiger partial charge in [-0.2, -0.15) is 5.10 Å². The molecule has 0 radical (unpaired) electrons. The lowest BCUT2D eigenvalue weighted by molar-refractivity contribution is 0.642. The first-order valence-electron chi connectivity index (χ1n) is 6.06. The third-order valence-electron chi connectivity index (χ3n) is 3.04. The highest BCUT2D eigenvalue weighted by molar-refractivity contribution is 5.48. The number of nitrogens with zero attached hydrogens (tertiary/aromatic N) is 3. The lowest BCUT2D eigenvalue weighted by Gasteiger charge is -2.18. The summed E-state index contributed by atoms with van der Waals surface area (Å²) < 4.78 is 1.83. The van der Waals surface area contributed by atoms with Crippen LogP contribution in [0.25, 0.3) is 0 Å². The van der Waals surface area contributed by atoms with Crippen molar-refractivity contribution in [2.75, 3.05) is 26.0 Å². The second-order valence-corrected chi connectivity index (χ2v) is 4.63. The molecular formula is C14H20N4. The highest BCUT2D eigenvalue weighted by atomic mass is 15.3. The Morgan fingerprint density at radius 1 is 1.28 bits per heavy atom. The standard InChI is InChI=1S/C14H20N4/c1-15-14(13-8-9-18(4)16-13)11-6-5-7-12(10-11)17(2)3/h5-10,14-15H,1-4H3. The predicted octanol–water partition coefficient (Wildman–Crippen LogP) is 1.79. The zero-order chi connectivity index (χ0) is 13.1. The number of hydrogen-bond acceptors (Lipinski definition) is 3. The van der Waals surface area contributed by atoms with Crippen LogP contribution in [-0.4, -0.2) is 30.9 Å². The van der Waals surface area contributed by atoms with Gasteiger partial charge in [-0.25, -0.2) is 0 Å². The molecule has 0 bridgehead atoms. The van der Waals surface area contributed by atoms with E-state index < -0.39 is 0 Å². The van der Waals surface area contributed by atoms with Gasteiger partial charge in [0.15, 0.2) is 0 Å². The number of hydrogen-bond donors (Lipinski definition) is 1. The Balaban J connectivity index is 2.35. The van der Waals surface area contributed by atoms with Gasteiger partial charge in [-0.05, 0) is 30.8 Å². The van der Waals surface area contributed by atoms with Crippen LogP contribution in [0.15, 0.2) is 36.5 Å². The first kappa shape index (κ1) is 12.6. The summed E-state index contributed by atoms with van der Waals surface area (Å²) in [5, 5.41) is 7.79. The fourth-order valence-electron chi connectivity index (χ4n) is 2.05. The second kappa shape index (κ2) is 5.23. The van der Waals surface area contributed by atoms with Crippen LogP contribution in [0.5, 0.6) is 0 Å². The number of aromatic nitrogens is 2. The van der Waals surface area contributed by atoms with Crippen molar-refractivity contribution in [1.82, 2.24) is 15.1 Å². The van der Waals surface area contributed by atoms with Gasteiger partial charge in [0.05, 0.1) is 11.7 Å². The van der Waals surface area contributed by atoms with Crippen molar-refractivity contribution >= 4 is 5.69 Å². The maximum atomic E-state index is 4.47. The zero-order valence-electron chi connectivity index (χ0n) is 11.4. The van der Waals surface area contributed by atoms with Crippen molar-refractivity contribution in [3.05, 3.63) is 47.8 Å². The summed E-state index contributed by atoms with van der Waals surface area (Å²) in [5.41, 5.74) is 3.46. The highest BCUT2D eigenvalue weighted by Gasteiger charge is 2.15. The molecule has 0 aliphatic heterocycles. The third-order valence-corrected chi connectivity index (χ3v) is 3.04. The zero-order valence-corrected chi connectivity index (χ0v) is 11.4. The summed E-state index contributed by atoms with van der Waals surface area (Å²) in [6, 6.07) is 10.7. The van der Waals surface area contributed by atoms with Crippen molar-refractivity contribution in [2.45, 2.75) is 6.04 Å². The molecule has 0 saturated heterocycles. The first-order valence-corrected chi connectivity index (χ1v) is 6.06. The van der Waals surface area contributed by atoms with Gasteiger partial charge in [0.1, 0.15) is 0 Å². The van der Waals surface area contributed by atoms with Crippen LogP contribution in [-0.2, 0) is 7.05 Å². The number of rotatable bonds is 4. The Morgan fingerprint density at radius 2 is 2.06 bits per heavy atom. The van der Waals surface area contributed by atoms with E-state index in [0.717, 1.165) is 5.69 Å². The molecule has 96 valence electrons. The number of nitrogens with one attached hydrogen (secondary N) is 1. The van der Waals surface area contributed by atoms with E-state index in [4.69, 9.17) is 0 Å². The molecule has 0 saturated carbocycles. The fraction of sp³-hybridized carbons (Fsp3) is 0.357. The molecule has 1 N–H and O–H groups in total. The van der Waals surface area contributed by atoms with Gasteiger partial charge in [0.25, 0.3) is 0 Å². The van der Waals surface area contributed by atoms with Gasteiger partial charge >= 0.3 is 0 Å². The maximum Gasteiger partial charge on any atom is 0.0839 e. The molecule has 1 unspecified atom stereocenters. The second-order valence-electron chi connectivity index (χ2n) is 4.63. The lowest BCUT2D eigenvalue weighted by Crippen LogP contribution is -2.19. The number of aryl methyl sites for hydroxylation is 1. The molecule has 0 aliphatic rings. The van der Waals surface area contributed by atoms with E-state index in [1.165, 1.54) is 11.3 Å². The smallest absolute Gasteiger partial charge is 0.0839 e. The SMILES string of the molecule is CNC(c1cccc(N(C)C)c1)c1ccn(C)n1. The van der Waals surface area contributed by atoms with E-state index in [2.05, 4.69) is 39.6 Å². The van der Waals surface area contributed by atoms with E-state index in [1.54, 1.807) is 0 Å². The number of anilines is 1. The normalized spacial score (nSPS) is 12.4. The fourth-order valence-corrected chi connectivity index (χ4v) is 2.05. The molecular weight excluding hydrogens is 224 g/mol. The van der Waals surface area contributed by atoms with Crippen LogP contribution < -0.4 is 10.2 Å². The van der Waals surface area contributed by atoms with E-state index in [0.29, 0.717) is 0 Å². The minimum atomic E-state index is 0.131. The van der Waals surface area contributed by atoms with Crippen LogP contribution >= 0.6 is 0 Å². The molecule has 1 atom stereocenters. The Morgan fingerprint density at radius 3 is 2.61 bits per heavy atom. The summed E-state index contributed by atoms with van der Waals surface area (Å²) >= 11 is 0. The average molecular weight is 244 g/mol. The quantitative estimate of drug-likeness (QED) is 0.890. The van der Waals surface area contributed by atoms with Crippen LogP contribution in [0.4, 0.5) is 5.69 Å². The summed E-state index contributed by atoms with van der Waals surface area (Å²) in [6.07, 6.45) is 1.97. The summed E-state index contributed by atoms with van der Waals surface area (Å²) in [5.74, 6) is 0. The third kappa shape index (κ3) is 2.54. The number of benzene rings is 1. The minimum Gasteiger partial charge on any atom is -0.378 e.